The van der Waals surface area contributed by atoms with Crippen LogP contribution in [-0.4, -0.2) is 42.4 Å². The molecule has 1 aromatic carbocycles. The van der Waals surface area contributed by atoms with Crippen LogP contribution in [0.25, 0.3) is 0 Å². The van der Waals surface area contributed by atoms with Crippen LogP contribution >= 0.6 is 11.6 Å². The van der Waals surface area contributed by atoms with Crippen LogP contribution in [0.5, 0.6) is 0 Å². The smallest absolute Gasteiger partial charge is 0.446 e. The van der Waals surface area contributed by atoms with Crippen molar-refractivity contribution < 1.29 is 27.5 Å². The molecule has 2 amide bonds. The quantitative estimate of drug-likeness (QED) is 0.739. The van der Waals surface area contributed by atoms with Crippen molar-refractivity contribution in [1.29, 1.82) is 0 Å². The van der Waals surface area contributed by atoms with Gasteiger partial charge >= 0.3 is 18.2 Å². The summed E-state index contributed by atoms with van der Waals surface area (Å²) in [5, 5.41) is 5.75. The van der Waals surface area contributed by atoms with E-state index in [4.69, 9.17) is 16.3 Å². The summed E-state index contributed by atoms with van der Waals surface area (Å²) in [4.78, 5) is 28.7. The summed E-state index contributed by atoms with van der Waals surface area (Å²) in [5.74, 6) is -2.47. The zero-order valence-electron chi connectivity index (χ0n) is 15.6. The summed E-state index contributed by atoms with van der Waals surface area (Å²) in [5.41, 5.74) is -0.248. The Hall–Kier alpha value is -2.85. The molecule has 0 unspecified atom stereocenters. The highest BCUT2D eigenvalue weighted by Crippen LogP contribution is 2.35. The van der Waals surface area contributed by atoms with Crippen molar-refractivity contribution in [2.75, 3.05) is 23.3 Å². The number of anilines is 3. The Kier molecular flexibility index (Phi) is 6.78. The van der Waals surface area contributed by atoms with Crippen molar-refractivity contribution in [2.45, 2.75) is 25.1 Å². The van der Waals surface area contributed by atoms with Gasteiger partial charge in [0.25, 0.3) is 0 Å². The highest BCUT2D eigenvalue weighted by atomic mass is 35.5. The molecule has 2 heterocycles. The molecule has 1 aromatic heterocycles. The van der Waals surface area contributed by atoms with E-state index in [1.165, 1.54) is 36.4 Å². The number of aromatic nitrogens is 1. The molecule has 0 saturated carbocycles. The second-order valence-electron chi connectivity index (χ2n) is 6.47. The van der Waals surface area contributed by atoms with E-state index < -0.39 is 18.2 Å². The number of hydrogen-bond donors (Lipinski definition) is 2. The zero-order valence-corrected chi connectivity index (χ0v) is 16.3. The number of rotatable bonds is 4. The molecule has 3 rings (SSSR count). The minimum Gasteiger partial charge on any atom is -0.446 e. The Morgan fingerprint density at radius 2 is 1.87 bits per heavy atom. The van der Waals surface area contributed by atoms with Crippen LogP contribution in [-0.2, 0) is 9.53 Å². The number of para-hydroxylation sites is 2. The third kappa shape index (κ3) is 5.39. The predicted molar refractivity (Wildman–Crippen MR) is 105 cm³/mol. The Bertz CT molecular complexity index is 903. The number of nitrogens with zero attached hydrogens (tertiary/aromatic N) is 2. The monoisotopic (exact) mass is 442 g/mol. The Morgan fingerprint density at radius 3 is 2.50 bits per heavy atom. The third-order valence-corrected chi connectivity index (χ3v) is 4.55. The molecule has 1 aliphatic heterocycles. The van der Waals surface area contributed by atoms with Gasteiger partial charge in [-0.15, -0.1) is 0 Å². The lowest BCUT2D eigenvalue weighted by Crippen LogP contribution is -2.39. The molecule has 2 aromatic rings. The van der Waals surface area contributed by atoms with E-state index in [0.717, 1.165) is 6.20 Å². The molecule has 0 spiro atoms. The van der Waals surface area contributed by atoms with Gasteiger partial charge in [-0.05, 0) is 50.2 Å². The van der Waals surface area contributed by atoms with E-state index in [1.54, 1.807) is 0 Å². The molecule has 0 bridgehead atoms. The number of carbonyl (C=O) groups is 2. The number of pyridine rings is 1. The number of halogens is 4. The first-order valence-corrected chi connectivity index (χ1v) is 9.43. The van der Waals surface area contributed by atoms with Gasteiger partial charge in [0.1, 0.15) is 11.9 Å². The van der Waals surface area contributed by atoms with E-state index >= 15 is 0 Å². The number of amides is 2. The second-order valence-corrected chi connectivity index (χ2v) is 6.91. The lowest BCUT2D eigenvalue weighted by atomic mass is 10.1. The minimum absolute atomic E-state index is 0.0363. The molecule has 0 atom stereocenters. The van der Waals surface area contributed by atoms with Crippen LogP contribution in [0.4, 0.5) is 35.2 Å². The summed E-state index contributed by atoms with van der Waals surface area (Å²) >= 11 is 5.76. The van der Waals surface area contributed by atoms with Gasteiger partial charge in [0.15, 0.2) is 0 Å². The maximum Gasteiger partial charge on any atom is 0.472 e. The Labute approximate surface area is 175 Å². The highest BCUT2D eigenvalue weighted by Gasteiger charge is 2.44. The van der Waals surface area contributed by atoms with Gasteiger partial charge in [-0.1, -0.05) is 23.7 Å². The lowest BCUT2D eigenvalue weighted by molar-refractivity contribution is -0.169. The molecular weight excluding hydrogens is 425 g/mol. The van der Waals surface area contributed by atoms with Crippen molar-refractivity contribution in [2.24, 2.45) is 0 Å². The van der Waals surface area contributed by atoms with Gasteiger partial charge in [0, 0.05) is 6.20 Å². The Balaban J connectivity index is 1.91. The molecule has 0 radical (unpaired) electrons. The normalized spacial score (nSPS) is 14.8. The zero-order chi connectivity index (χ0) is 21.7. The van der Waals surface area contributed by atoms with Crippen LogP contribution in [0, 0.1) is 0 Å². The summed E-state index contributed by atoms with van der Waals surface area (Å²) in [7, 11) is 0. The maximum atomic E-state index is 13.3. The highest BCUT2D eigenvalue weighted by molar-refractivity contribution is 6.30. The van der Waals surface area contributed by atoms with Crippen molar-refractivity contribution in [3.8, 4) is 0 Å². The van der Waals surface area contributed by atoms with Crippen molar-refractivity contribution >= 4 is 40.8 Å². The standard InChI is InChI=1S/C19H18ClF3N4O3/c20-12-5-6-16(25-11-12)27(17(28)19(21,22)23)15-4-2-1-3-14(15)26-18(29)30-13-7-9-24-10-8-13/h1-6,11,13,24H,7-10H2,(H,26,29). The second kappa shape index (κ2) is 9.31. The summed E-state index contributed by atoms with van der Waals surface area (Å²) in [6, 6.07) is 8.06. The average molecular weight is 443 g/mol. The minimum atomic E-state index is -5.18. The maximum absolute atomic E-state index is 13.3. The number of benzene rings is 1. The first-order valence-electron chi connectivity index (χ1n) is 9.06. The SMILES string of the molecule is O=C(Nc1ccccc1N(C(=O)C(F)(F)F)c1ccc(Cl)cn1)OC1CCNCC1. The largest absolute Gasteiger partial charge is 0.472 e. The fourth-order valence-corrected chi connectivity index (χ4v) is 3.05. The molecule has 30 heavy (non-hydrogen) atoms. The Morgan fingerprint density at radius 1 is 1.17 bits per heavy atom. The van der Waals surface area contributed by atoms with E-state index in [2.05, 4.69) is 15.6 Å². The fourth-order valence-electron chi connectivity index (χ4n) is 2.94. The summed E-state index contributed by atoms with van der Waals surface area (Å²) in [6.07, 6.45) is -3.92. The summed E-state index contributed by atoms with van der Waals surface area (Å²) in [6.45, 7) is 1.40. The van der Waals surface area contributed by atoms with Gasteiger partial charge in [0.05, 0.1) is 16.4 Å². The van der Waals surface area contributed by atoms with E-state index in [9.17, 15) is 22.8 Å². The van der Waals surface area contributed by atoms with Gasteiger partial charge in [0.2, 0.25) is 0 Å². The predicted octanol–water partition coefficient (Wildman–Crippen LogP) is 4.26. The van der Waals surface area contributed by atoms with Crippen LogP contribution in [0.3, 0.4) is 0 Å². The molecule has 7 nitrogen and oxygen atoms in total. The van der Waals surface area contributed by atoms with Gasteiger partial charge in [-0.25, -0.2) is 9.78 Å². The summed E-state index contributed by atoms with van der Waals surface area (Å²) < 4.78 is 45.2. The van der Waals surface area contributed by atoms with Crippen molar-refractivity contribution in [3.63, 3.8) is 0 Å². The molecule has 160 valence electrons. The fraction of sp³-hybridized carbons (Fsp3) is 0.316. The number of piperidine rings is 1. The molecule has 2 N–H and O–H groups in total. The van der Waals surface area contributed by atoms with E-state index in [-0.39, 0.29) is 28.3 Å². The molecular formula is C19H18ClF3N4O3. The number of nitrogens with one attached hydrogen (secondary N) is 2. The molecule has 1 fully saturated rings. The lowest BCUT2D eigenvalue weighted by Gasteiger charge is -2.26. The number of ether oxygens (including phenoxy) is 1. The first-order chi connectivity index (χ1) is 14.3. The van der Waals surface area contributed by atoms with Crippen LogP contribution in [0.15, 0.2) is 42.6 Å². The van der Waals surface area contributed by atoms with E-state index in [0.29, 0.717) is 30.8 Å². The van der Waals surface area contributed by atoms with Gasteiger partial charge < -0.3 is 10.1 Å². The molecule has 11 heteroatoms. The molecule has 1 aliphatic rings. The number of carbonyl (C=O) groups excluding carboxylic acids is 2. The van der Waals surface area contributed by atoms with Crippen LogP contribution in [0.1, 0.15) is 12.8 Å². The molecule has 1 saturated heterocycles. The third-order valence-electron chi connectivity index (χ3n) is 4.33. The van der Waals surface area contributed by atoms with Crippen LogP contribution in [0.2, 0.25) is 5.02 Å². The number of hydrogen-bond acceptors (Lipinski definition) is 5. The van der Waals surface area contributed by atoms with Crippen molar-refractivity contribution in [3.05, 3.63) is 47.6 Å². The average Bonchev–Trinajstić information content (AvgIpc) is 2.71. The molecule has 0 aliphatic carbocycles. The van der Waals surface area contributed by atoms with E-state index in [1.807, 2.05) is 0 Å². The first kappa shape index (κ1) is 21.8. The number of alkyl halides is 3. The topological polar surface area (TPSA) is 83.6 Å². The van der Waals surface area contributed by atoms with Gasteiger partial charge in [-0.2, -0.15) is 13.2 Å². The van der Waals surface area contributed by atoms with Crippen molar-refractivity contribution in [1.82, 2.24) is 10.3 Å². The van der Waals surface area contributed by atoms with Gasteiger partial charge in [-0.3, -0.25) is 15.0 Å². The van der Waals surface area contributed by atoms with Crippen LogP contribution < -0.4 is 15.5 Å².